The Morgan fingerprint density at radius 2 is 1.75 bits per heavy atom. The van der Waals surface area contributed by atoms with Gasteiger partial charge in [-0.05, 0) is 67.4 Å². The molecule has 1 unspecified atom stereocenters. The summed E-state index contributed by atoms with van der Waals surface area (Å²) in [6.07, 6.45) is -1.51. The Hall–Kier alpha value is -3.89. The van der Waals surface area contributed by atoms with E-state index in [9.17, 15) is 18.0 Å². The van der Waals surface area contributed by atoms with Crippen LogP contribution in [0.15, 0.2) is 64.6 Å². The van der Waals surface area contributed by atoms with E-state index >= 15 is 0 Å². The Balaban J connectivity index is 1.72. The van der Waals surface area contributed by atoms with Gasteiger partial charge in [0.15, 0.2) is 5.96 Å². The minimum Gasteiger partial charge on any atom is -0.370 e. The van der Waals surface area contributed by atoms with Gasteiger partial charge in [-0.1, -0.05) is 41.5 Å². The maximum Gasteiger partial charge on any atom is 0.416 e. The molecule has 6 N–H and O–H groups in total. The van der Waals surface area contributed by atoms with Crippen LogP contribution in [0.4, 0.5) is 18.9 Å². The molecule has 4 rings (SSSR count). The first-order valence-corrected chi connectivity index (χ1v) is 15.0. The number of amides is 1. The molecule has 0 radical (unpaired) electrons. The standard InChI is InChI=1S/C30H28Cl2F3N7OS/c31-20-9-12-24(23(32)16-20)40-27(22(17-39-29(37)38)26(36)28(43)41-42-14-2-1-3-15-42)25-13-11-21(44-25)10-6-18-4-7-19(8-5-18)30(33,34)35/h4-5,7-9,11-13,16,22,36H,1-3,14-15,17H2,(H,41,43)(H4,37,38,39). The predicted octanol–water partition coefficient (Wildman–Crippen LogP) is 6.02. The van der Waals surface area contributed by atoms with E-state index in [1.54, 1.807) is 29.3 Å². The molecule has 0 saturated carbocycles. The molecular weight excluding hydrogens is 634 g/mol. The van der Waals surface area contributed by atoms with Crippen LogP contribution in [-0.4, -0.2) is 47.9 Å². The number of carbonyl (C=O) groups excluding carboxylic acids is 1. The number of halogens is 5. The Morgan fingerprint density at radius 3 is 2.39 bits per heavy atom. The minimum absolute atomic E-state index is 0.150. The van der Waals surface area contributed by atoms with E-state index in [1.807, 2.05) is 0 Å². The summed E-state index contributed by atoms with van der Waals surface area (Å²) in [5.41, 5.74) is 14.0. The second-order valence-corrected chi connectivity index (χ2v) is 11.7. The third-order valence-corrected chi connectivity index (χ3v) is 8.11. The van der Waals surface area contributed by atoms with Gasteiger partial charge in [0, 0.05) is 23.7 Å². The first-order chi connectivity index (χ1) is 20.9. The number of nitrogens with two attached hydrogens (primary N) is 2. The van der Waals surface area contributed by atoms with Crippen molar-refractivity contribution in [3.8, 4) is 11.8 Å². The summed E-state index contributed by atoms with van der Waals surface area (Å²) in [4.78, 5) is 23.3. The van der Waals surface area contributed by atoms with Crippen molar-refractivity contribution < 1.29 is 18.0 Å². The molecule has 2 heterocycles. The number of nitrogens with zero attached hydrogens (tertiary/aromatic N) is 3. The van der Waals surface area contributed by atoms with Crippen molar-refractivity contribution in [3.63, 3.8) is 0 Å². The second kappa shape index (κ2) is 14.7. The number of thiophene rings is 1. The van der Waals surface area contributed by atoms with Gasteiger partial charge < -0.3 is 11.5 Å². The molecule has 1 saturated heterocycles. The largest absolute Gasteiger partial charge is 0.416 e. The van der Waals surface area contributed by atoms with Crippen LogP contribution >= 0.6 is 34.5 Å². The van der Waals surface area contributed by atoms with Crippen molar-refractivity contribution in [3.05, 3.63) is 85.5 Å². The zero-order valence-corrected chi connectivity index (χ0v) is 25.5. The first kappa shape index (κ1) is 33.0. The van der Waals surface area contributed by atoms with Crippen LogP contribution in [0.25, 0.3) is 0 Å². The van der Waals surface area contributed by atoms with Crippen LogP contribution in [0, 0.1) is 23.2 Å². The molecule has 230 valence electrons. The second-order valence-electron chi connectivity index (χ2n) is 9.80. The maximum atomic E-state index is 13.3. The normalized spacial score (nSPS) is 14.7. The van der Waals surface area contributed by atoms with E-state index in [0.29, 0.717) is 44.8 Å². The van der Waals surface area contributed by atoms with E-state index in [1.165, 1.54) is 29.5 Å². The Kier molecular flexibility index (Phi) is 11.0. The van der Waals surface area contributed by atoms with Crippen LogP contribution in [0.2, 0.25) is 10.0 Å². The molecule has 0 bridgehead atoms. The van der Waals surface area contributed by atoms with E-state index in [2.05, 4.69) is 22.3 Å². The van der Waals surface area contributed by atoms with Crippen molar-refractivity contribution in [1.82, 2.24) is 10.4 Å². The molecule has 1 amide bonds. The summed E-state index contributed by atoms with van der Waals surface area (Å²) < 4.78 is 38.7. The van der Waals surface area contributed by atoms with Crippen molar-refractivity contribution in [2.75, 3.05) is 19.6 Å². The number of hydrogen-bond acceptors (Lipinski definition) is 6. The number of rotatable bonds is 8. The Labute approximate surface area is 266 Å². The zero-order valence-electron chi connectivity index (χ0n) is 23.2. The quantitative estimate of drug-likeness (QED) is 0.133. The summed E-state index contributed by atoms with van der Waals surface area (Å²) in [7, 11) is 0. The SMILES string of the molecule is N=C(C(=O)NN1CCCCC1)C(CN=C(N)N)C(=Nc1ccc(Cl)cc1Cl)c1ccc(C#Cc2ccc(C(F)(F)F)cc2)s1. The van der Waals surface area contributed by atoms with Crippen molar-refractivity contribution in [2.45, 2.75) is 25.4 Å². The topological polar surface area (TPSA) is 133 Å². The summed E-state index contributed by atoms with van der Waals surface area (Å²) in [6, 6.07) is 12.7. The number of benzene rings is 2. The highest BCUT2D eigenvalue weighted by Crippen LogP contribution is 2.32. The molecule has 0 spiro atoms. The fraction of sp³-hybridized carbons (Fsp3) is 0.267. The molecule has 1 aromatic heterocycles. The van der Waals surface area contributed by atoms with Crippen LogP contribution in [0.1, 0.15) is 40.1 Å². The monoisotopic (exact) mass is 661 g/mol. The lowest BCUT2D eigenvalue weighted by Crippen LogP contribution is -2.50. The third kappa shape index (κ3) is 9.06. The summed E-state index contributed by atoms with van der Waals surface area (Å²) in [5, 5.41) is 11.3. The summed E-state index contributed by atoms with van der Waals surface area (Å²) in [5.74, 6) is 4.00. The molecule has 1 fully saturated rings. The van der Waals surface area contributed by atoms with Gasteiger partial charge in [-0.3, -0.25) is 20.6 Å². The average molecular weight is 663 g/mol. The highest BCUT2D eigenvalue weighted by molar-refractivity contribution is 7.14. The van der Waals surface area contributed by atoms with E-state index in [-0.39, 0.29) is 23.2 Å². The van der Waals surface area contributed by atoms with E-state index in [0.717, 1.165) is 31.4 Å². The fourth-order valence-corrected chi connectivity index (χ4v) is 5.66. The van der Waals surface area contributed by atoms with Crippen LogP contribution in [0.3, 0.4) is 0 Å². The molecular formula is C30H28Cl2F3N7OS. The maximum absolute atomic E-state index is 13.3. The lowest BCUT2D eigenvalue weighted by molar-refractivity contribution is -0.137. The van der Waals surface area contributed by atoms with E-state index < -0.39 is 23.6 Å². The minimum atomic E-state index is -4.44. The van der Waals surface area contributed by atoms with Crippen LogP contribution in [0.5, 0.6) is 0 Å². The lowest BCUT2D eigenvalue weighted by Gasteiger charge is -2.28. The van der Waals surface area contributed by atoms with Crippen molar-refractivity contribution in [1.29, 1.82) is 5.41 Å². The fourth-order valence-electron chi connectivity index (χ4n) is 4.30. The van der Waals surface area contributed by atoms with E-state index in [4.69, 9.17) is 45.1 Å². The van der Waals surface area contributed by atoms with Crippen LogP contribution < -0.4 is 16.9 Å². The molecule has 1 aliphatic heterocycles. The molecule has 14 heteroatoms. The van der Waals surface area contributed by atoms with Gasteiger partial charge in [0.25, 0.3) is 5.91 Å². The molecule has 0 aliphatic carbocycles. The number of alkyl halides is 3. The number of piperidine rings is 1. The number of nitrogens with one attached hydrogen (secondary N) is 2. The molecule has 2 aromatic carbocycles. The third-order valence-electron chi connectivity index (χ3n) is 6.55. The van der Waals surface area contributed by atoms with Gasteiger partial charge in [-0.15, -0.1) is 11.3 Å². The molecule has 44 heavy (non-hydrogen) atoms. The highest BCUT2D eigenvalue weighted by atomic mass is 35.5. The van der Waals surface area contributed by atoms with Gasteiger partial charge in [0.2, 0.25) is 0 Å². The van der Waals surface area contributed by atoms with Gasteiger partial charge in [0.1, 0.15) is 5.71 Å². The number of hydrogen-bond donors (Lipinski definition) is 4. The Morgan fingerprint density at radius 1 is 1.05 bits per heavy atom. The molecule has 8 nitrogen and oxygen atoms in total. The average Bonchev–Trinajstić information content (AvgIpc) is 3.45. The van der Waals surface area contributed by atoms with Gasteiger partial charge in [0.05, 0.1) is 44.2 Å². The van der Waals surface area contributed by atoms with Gasteiger partial charge >= 0.3 is 6.18 Å². The number of aliphatic imine (C=N–C) groups is 2. The number of carbonyl (C=O) groups is 1. The molecule has 1 atom stereocenters. The first-order valence-electron chi connectivity index (χ1n) is 13.4. The summed E-state index contributed by atoms with van der Waals surface area (Å²) in [6.45, 7) is 1.19. The van der Waals surface area contributed by atoms with Gasteiger partial charge in [-0.2, -0.15) is 13.2 Å². The zero-order chi connectivity index (χ0) is 31.9. The summed E-state index contributed by atoms with van der Waals surface area (Å²) >= 11 is 13.7. The molecule has 1 aliphatic rings. The smallest absolute Gasteiger partial charge is 0.370 e. The molecule has 3 aromatic rings. The van der Waals surface area contributed by atoms with Gasteiger partial charge in [-0.25, -0.2) is 10.0 Å². The highest BCUT2D eigenvalue weighted by Gasteiger charge is 2.31. The Bertz CT molecular complexity index is 1630. The van der Waals surface area contributed by atoms with Crippen molar-refractivity contribution in [2.24, 2.45) is 27.4 Å². The lowest BCUT2D eigenvalue weighted by atomic mass is 9.95. The number of guanidine groups is 1. The van der Waals surface area contributed by atoms with Crippen molar-refractivity contribution >= 4 is 63.5 Å². The van der Waals surface area contributed by atoms with Crippen LogP contribution in [-0.2, 0) is 11.0 Å². The predicted molar refractivity (Wildman–Crippen MR) is 170 cm³/mol. The number of hydrazine groups is 1.